The van der Waals surface area contributed by atoms with Gasteiger partial charge in [-0.05, 0) is 59.7 Å². The number of benzene rings is 8. The van der Waals surface area contributed by atoms with Crippen molar-refractivity contribution in [3.8, 4) is 96.8 Å². The van der Waals surface area contributed by atoms with Crippen LogP contribution in [0.1, 0.15) is 11.1 Å². The molecule has 3 aromatic heterocycles. The van der Waals surface area contributed by atoms with Crippen LogP contribution in [0.25, 0.3) is 106 Å². The standard InChI is InChI=1S/C58H35N7/c59-36-38-25-27-40(28-26-38)45-29-30-47-46-23-13-14-24-54(46)65(55(47)33-45)56-48(52-34-50(41-15-5-1-6-16-41)61-57(63-52)43-19-9-3-10-20-43)31-39(37-60)32-49(56)53-35-51(42-17-7-2-8-18-42)62-58(64-53)44-21-11-4-12-22-44/h1-35H. The summed E-state index contributed by atoms with van der Waals surface area (Å²) in [5.41, 5.74) is 13.5. The third-order valence-electron chi connectivity index (χ3n) is 11.7. The van der Waals surface area contributed by atoms with Crippen LogP contribution in [0.3, 0.4) is 0 Å². The topological polar surface area (TPSA) is 104 Å². The lowest BCUT2D eigenvalue weighted by Gasteiger charge is -2.20. The Labute approximate surface area is 375 Å². The molecule has 7 heteroatoms. The fraction of sp³-hybridized carbons (Fsp3) is 0. The largest absolute Gasteiger partial charge is 0.308 e. The summed E-state index contributed by atoms with van der Waals surface area (Å²) in [7, 11) is 0. The van der Waals surface area contributed by atoms with Crippen molar-refractivity contribution in [2.24, 2.45) is 0 Å². The van der Waals surface area contributed by atoms with Crippen LogP contribution in [-0.4, -0.2) is 24.5 Å². The summed E-state index contributed by atoms with van der Waals surface area (Å²) in [6.07, 6.45) is 0. The summed E-state index contributed by atoms with van der Waals surface area (Å²) in [6, 6.07) is 75.4. The number of hydrogen-bond donors (Lipinski definition) is 0. The highest BCUT2D eigenvalue weighted by Gasteiger charge is 2.25. The van der Waals surface area contributed by atoms with E-state index in [9.17, 15) is 10.5 Å². The SMILES string of the molecule is N#Cc1ccc(-c2ccc3c4ccccc4n(-c4c(-c5cc(-c6ccccc6)nc(-c6ccccc6)n5)cc(C#N)cc4-c4cc(-c5ccccc5)nc(-c5ccccc5)n4)c3c2)cc1. The van der Waals surface area contributed by atoms with E-state index >= 15 is 0 Å². The molecule has 8 aromatic carbocycles. The predicted molar refractivity (Wildman–Crippen MR) is 259 cm³/mol. The van der Waals surface area contributed by atoms with Crippen LogP contribution in [0.15, 0.2) is 212 Å². The summed E-state index contributed by atoms with van der Waals surface area (Å²) in [6.45, 7) is 0. The van der Waals surface area contributed by atoms with Gasteiger partial charge in [-0.25, -0.2) is 19.9 Å². The molecule has 0 aliphatic heterocycles. The van der Waals surface area contributed by atoms with Gasteiger partial charge >= 0.3 is 0 Å². The minimum atomic E-state index is 0.444. The minimum Gasteiger partial charge on any atom is -0.308 e. The smallest absolute Gasteiger partial charge is 0.160 e. The molecule has 11 rings (SSSR count). The van der Waals surface area contributed by atoms with E-state index in [1.54, 1.807) is 0 Å². The minimum absolute atomic E-state index is 0.444. The zero-order chi connectivity index (χ0) is 43.7. The van der Waals surface area contributed by atoms with Crippen molar-refractivity contribution in [1.29, 1.82) is 10.5 Å². The van der Waals surface area contributed by atoms with Gasteiger partial charge in [0.1, 0.15) is 0 Å². The highest BCUT2D eigenvalue weighted by atomic mass is 15.0. The second-order valence-electron chi connectivity index (χ2n) is 15.7. The van der Waals surface area contributed by atoms with E-state index in [-0.39, 0.29) is 0 Å². The molecular formula is C58H35N7. The monoisotopic (exact) mass is 829 g/mol. The highest BCUT2D eigenvalue weighted by molar-refractivity contribution is 6.11. The van der Waals surface area contributed by atoms with Gasteiger partial charge in [0, 0.05) is 44.2 Å². The van der Waals surface area contributed by atoms with Gasteiger partial charge in [0.05, 0.1) is 62.8 Å². The van der Waals surface area contributed by atoms with Crippen molar-refractivity contribution in [3.05, 3.63) is 223 Å². The van der Waals surface area contributed by atoms with E-state index in [2.05, 4.69) is 59.2 Å². The lowest BCUT2D eigenvalue weighted by molar-refractivity contribution is 1.14. The Kier molecular flexibility index (Phi) is 9.82. The summed E-state index contributed by atoms with van der Waals surface area (Å²) in [5, 5.41) is 22.6. The van der Waals surface area contributed by atoms with Crippen molar-refractivity contribution in [2.75, 3.05) is 0 Å². The molecule has 3 heterocycles. The summed E-state index contributed by atoms with van der Waals surface area (Å²) in [4.78, 5) is 21.0. The van der Waals surface area contributed by atoms with Crippen LogP contribution in [-0.2, 0) is 0 Å². The first-order valence-corrected chi connectivity index (χ1v) is 21.2. The third kappa shape index (κ3) is 7.26. The van der Waals surface area contributed by atoms with Gasteiger partial charge in [-0.3, -0.25) is 0 Å². The summed E-state index contributed by atoms with van der Waals surface area (Å²) >= 11 is 0. The second kappa shape index (κ2) is 16.5. The molecule has 0 amide bonds. The molecule has 0 atom stereocenters. The van der Waals surface area contributed by atoms with Crippen molar-refractivity contribution < 1.29 is 0 Å². The number of rotatable bonds is 8. The maximum Gasteiger partial charge on any atom is 0.160 e. The van der Waals surface area contributed by atoms with E-state index in [0.29, 0.717) is 34.2 Å². The van der Waals surface area contributed by atoms with Gasteiger partial charge in [0.15, 0.2) is 11.6 Å². The lowest BCUT2D eigenvalue weighted by atomic mass is 9.95. The van der Waals surface area contributed by atoms with Crippen molar-refractivity contribution in [1.82, 2.24) is 24.5 Å². The average Bonchev–Trinajstić information content (AvgIpc) is 3.72. The van der Waals surface area contributed by atoms with Crippen LogP contribution in [0, 0.1) is 22.7 Å². The molecule has 7 nitrogen and oxygen atoms in total. The lowest BCUT2D eigenvalue weighted by Crippen LogP contribution is -2.05. The average molecular weight is 830 g/mol. The number of nitriles is 2. The maximum atomic E-state index is 10.9. The molecule has 65 heavy (non-hydrogen) atoms. The van der Waals surface area contributed by atoms with Crippen molar-refractivity contribution >= 4 is 21.8 Å². The van der Waals surface area contributed by atoms with Crippen LogP contribution in [0.4, 0.5) is 0 Å². The Morgan fingerprint density at radius 2 is 0.754 bits per heavy atom. The number of para-hydroxylation sites is 1. The number of aromatic nitrogens is 5. The Hall–Kier alpha value is -9.30. The zero-order valence-electron chi connectivity index (χ0n) is 34.8. The zero-order valence-corrected chi connectivity index (χ0v) is 34.8. The van der Waals surface area contributed by atoms with Gasteiger partial charge in [0.2, 0.25) is 0 Å². The number of fused-ring (bicyclic) bond motifs is 3. The number of hydrogen-bond acceptors (Lipinski definition) is 6. The predicted octanol–water partition coefficient (Wildman–Crippen LogP) is 13.8. The van der Waals surface area contributed by atoms with Crippen LogP contribution >= 0.6 is 0 Å². The molecule has 0 saturated carbocycles. The van der Waals surface area contributed by atoms with Crippen molar-refractivity contribution in [2.45, 2.75) is 0 Å². The van der Waals surface area contributed by atoms with E-state index < -0.39 is 0 Å². The molecule has 0 aliphatic carbocycles. The van der Waals surface area contributed by atoms with Gasteiger partial charge in [-0.15, -0.1) is 0 Å². The summed E-state index contributed by atoms with van der Waals surface area (Å²) in [5.74, 6) is 1.11. The molecule has 0 aliphatic rings. The molecule has 0 saturated heterocycles. The van der Waals surface area contributed by atoms with E-state index in [4.69, 9.17) is 19.9 Å². The first-order chi connectivity index (χ1) is 32.1. The Bertz CT molecular complexity index is 3380. The quantitative estimate of drug-likeness (QED) is 0.151. The fourth-order valence-corrected chi connectivity index (χ4v) is 8.58. The Morgan fingerprint density at radius 3 is 1.26 bits per heavy atom. The van der Waals surface area contributed by atoms with Gasteiger partial charge in [0.25, 0.3) is 0 Å². The second-order valence-corrected chi connectivity index (χ2v) is 15.7. The molecule has 0 bridgehead atoms. The van der Waals surface area contributed by atoms with E-state index in [1.165, 1.54) is 0 Å². The first-order valence-electron chi connectivity index (χ1n) is 21.2. The fourth-order valence-electron chi connectivity index (χ4n) is 8.58. The van der Waals surface area contributed by atoms with E-state index in [1.807, 2.05) is 170 Å². The molecule has 0 fully saturated rings. The van der Waals surface area contributed by atoms with Gasteiger partial charge in [-0.1, -0.05) is 164 Å². The molecule has 0 radical (unpaired) electrons. The van der Waals surface area contributed by atoms with Crippen LogP contribution in [0.5, 0.6) is 0 Å². The Balaban J connectivity index is 1.29. The first kappa shape index (κ1) is 38.6. The molecular weight excluding hydrogens is 795 g/mol. The highest BCUT2D eigenvalue weighted by Crippen LogP contribution is 2.44. The molecule has 0 unspecified atom stereocenters. The van der Waals surface area contributed by atoms with E-state index in [0.717, 1.165) is 83.4 Å². The van der Waals surface area contributed by atoms with Crippen LogP contribution in [0.2, 0.25) is 0 Å². The molecule has 0 spiro atoms. The molecule has 302 valence electrons. The van der Waals surface area contributed by atoms with Crippen LogP contribution < -0.4 is 0 Å². The van der Waals surface area contributed by atoms with Gasteiger partial charge in [-0.2, -0.15) is 10.5 Å². The maximum absolute atomic E-state index is 10.9. The summed E-state index contributed by atoms with van der Waals surface area (Å²) < 4.78 is 2.29. The van der Waals surface area contributed by atoms with Gasteiger partial charge < -0.3 is 4.57 Å². The Morgan fingerprint density at radius 1 is 0.323 bits per heavy atom. The molecule has 11 aromatic rings. The van der Waals surface area contributed by atoms with Crippen molar-refractivity contribution in [3.63, 3.8) is 0 Å². The normalized spacial score (nSPS) is 11.0. The molecule has 0 N–H and O–H groups in total. The third-order valence-corrected chi connectivity index (χ3v) is 11.7. The number of nitrogens with zero attached hydrogens (tertiary/aromatic N) is 7.